The number of hydrogen-bond donors (Lipinski definition) is 2. The number of aliphatic hydroxyl groups is 1. The van der Waals surface area contributed by atoms with E-state index in [9.17, 15) is 14.7 Å². The van der Waals surface area contributed by atoms with E-state index in [2.05, 4.69) is 5.32 Å². The smallest absolute Gasteiger partial charge is 0.259 e. The molecule has 1 rings (SSSR count). The lowest BCUT2D eigenvalue weighted by molar-refractivity contribution is -0.121. The predicted octanol–water partition coefficient (Wildman–Crippen LogP) is 1.29. The molecule has 0 aromatic rings. The molecule has 84 valence electrons. The summed E-state index contributed by atoms with van der Waals surface area (Å²) >= 11 is 6.00. The molecule has 1 aliphatic rings. The maximum Gasteiger partial charge on any atom is 0.259 e. The van der Waals surface area contributed by atoms with Gasteiger partial charge in [0.05, 0.1) is 5.38 Å². The highest BCUT2D eigenvalue weighted by molar-refractivity contribution is 6.24. The van der Waals surface area contributed by atoms with Crippen molar-refractivity contribution >= 4 is 23.3 Å². The van der Waals surface area contributed by atoms with Gasteiger partial charge in [-0.3, -0.25) is 9.59 Å². The second kappa shape index (κ2) is 4.66. The molecule has 0 fully saturated rings. The number of hydrogen-bond acceptors (Lipinski definition) is 3. The molecule has 1 amide bonds. The van der Waals surface area contributed by atoms with E-state index < -0.39 is 17.7 Å². The summed E-state index contributed by atoms with van der Waals surface area (Å²) in [4.78, 5) is 22.4. The molecule has 0 saturated carbocycles. The van der Waals surface area contributed by atoms with Crippen molar-refractivity contribution in [3.63, 3.8) is 0 Å². The van der Waals surface area contributed by atoms with E-state index in [1.807, 2.05) is 6.92 Å². The van der Waals surface area contributed by atoms with Gasteiger partial charge in [-0.25, -0.2) is 0 Å². The minimum absolute atomic E-state index is 0.165. The normalized spacial score (nSPS) is 22.9. The first kappa shape index (κ1) is 12.0. The Bertz CT molecular complexity index is 325. The molecule has 0 saturated heterocycles. The summed E-state index contributed by atoms with van der Waals surface area (Å²) in [6, 6.07) is -0.627. The van der Waals surface area contributed by atoms with E-state index >= 15 is 0 Å². The first-order chi connectivity index (χ1) is 6.99. The number of carbonyl (C=O) groups is 2. The number of amides is 1. The van der Waals surface area contributed by atoms with Gasteiger partial charge in [0.15, 0.2) is 5.78 Å². The van der Waals surface area contributed by atoms with E-state index in [1.165, 1.54) is 6.92 Å². The van der Waals surface area contributed by atoms with Crippen molar-refractivity contribution in [3.05, 3.63) is 11.3 Å². The highest BCUT2D eigenvalue weighted by atomic mass is 35.5. The van der Waals surface area contributed by atoms with Gasteiger partial charge in [0.1, 0.15) is 17.4 Å². The van der Waals surface area contributed by atoms with Crippen LogP contribution in [0.5, 0.6) is 0 Å². The van der Waals surface area contributed by atoms with E-state index in [0.717, 1.165) is 6.42 Å². The van der Waals surface area contributed by atoms with Crippen molar-refractivity contribution < 1.29 is 14.7 Å². The summed E-state index contributed by atoms with van der Waals surface area (Å²) in [6.45, 7) is 3.20. The van der Waals surface area contributed by atoms with Gasteiger partial charge in [0.2, 0.25) is 0 Å². The quantitative estimate of drug-likeness (QED) is 0.566. The minimum Gasteiger partial charge on any atom is -0.509 e. The Kier molecular flexibility index (Phi) is 3.74. The van der Waals surface area contributed by atoms with Crippen LogP contribution in [-0.2, 0) is 9.59 Å². The third kappa shape index (κ3) is 2.31. The lowest BCUT2D eigenvalue weighted by Crippen LogP contribution is -2.36. The third-order valence-corrected chi connectivity index (χ3v) is 2.81. The zero-order valence-electron chi connectivity index (χ0n) is 8.71. The zero-order chi connectivity index (χ0) is 11.6. The van der Waals surface area contributed by atoms with Crippen LogP contribution in [0.4, 0.5) is 0 Å². The van der Waals surface area contributed by atoms with Gasteiger partial charge in [0, 0.05) is 0 Å². The lowest BCUT2D eigenvalue weighted by atomic mass is 10.1. The number of nitrogens with one attached hydrogen (secondary N) is 1. The van der Waals surface area contributed by atoms with Gasteiger partial charge in [-0.1, -0.05) is 13.3 Å². The van der Waals surface area contributed by atoms with E-state index in [-0.39, 0.29) is 16.7 Å². The number of ketones is 1. The second-order valence-electron chi connectivity index (χ2n) is 3.57. The summed E-state index contributed by atoms with van der Waals surface area (Å²) in [5, 5.41) is 11.8. The van der Waals surface area contributed by atoms with Gasteiger partial charge in [0.25, 0.3) is 5.91 Å². The average Bonchev–Trinajstić information content (AvgIpc) is 2.42. The zero-order valence-corrected chi connectivity index (χ0v) is 9.47. The molecule has 15 heavy (non-hydrogen) atoms. The average molecular weight is 232 g/mol. The molecule has 5 heteroatoms. The van der Waals surface area contributed by atoms with Crippen molar-refractivity contribution in [1.82, 2.24) is 5.32 Å². The molecule has 0 aromatic heterocycles. The summed E-state index contributed by atoms with van der Waals surface area (Å²) in [6.07, 6.45) is 1.52. The van der Waals surface area contributed by atoms with E-state index in [4.69, 9.17) is 11.6 Å². The summed E-state index contributed by atoms with van der Waals surface area (Å²) < 4.78 is 0. The van der Waals surface area contributed by atoms with Gasteiger partial charge in [-0.2, -0.15) is 0 Å². The Hall–Kier alpha value is -1.03. The number of carbonyl (C=O) groups excluding carboxylic acids is 2. The summed E-state index contributed by atoms with van der Waals surface area (Å²) in [7, 11) is 0. The second-order valence-corrected chi connectivity index (χ2v) is 4.13. The Morgan fingerprint density at radius 1 is 1.67 bits per heavy atom. The van der Waals surface area contributed by atoms with Crippen LogP contribution in [0.25, 0.3) is 0 Å². The van der Waals surface area contributed by atoms with Crippen LogP contribution < -0.4 is 5.32 Å². The fraction of sp³-hybridized carbons (Fsp3) is 0.600. The Balaban J connectivity index is 2.89. The maximum absolute atomic E-state index is 11.3. The highest BCUT2D eigenvalue weighted by Gasteiger charge is 2.37. The van der Waals surface area contributed by atoms with Crippen molar-refractivity contribution in [2.45, 2.75) is 38.1 Å². The molecule has 0 radical (unpaired) electrons. The molecule has 0 bridgehead atoms. The van der Waals surface area contributed by atoms with Gasteiger partial charge in [-0.05, 0) is 13.3 Å². The molecule has 0 aliphatic carbocycles. The number of Topliss-reactive ketones (excluding diaryl/α,β-unsaturated/α-hetero) is 1. The predicted molar refractivity (Wildman–Crippen MR) is 56.8 cm³/mol. The van der Waals surface area contributed by atoms with Crippen LogP contribution in [-0.4, -0.2) is 28.2 Å². The van der Waals surface area contributed by atoms with Gasteiger partial charge in [-0.15, -0.1) is 11.6 Å². The molecule has 1 aliphatic heterocycles. The highest BCUT2D eigenvalue weighted by Crippen LogP contribution is 2.23. The third-order valence-electron chi connectivity index (χ3n) is 2.34. The Labute approximate surface area is 93.3 Å². The van der Waals surface area contributed by atoms with Crippen molar-refractivity contribution in [3.8, 4) is 0 Å². The molecule has 2 unspecified atom stereocenters. The van der Waals surface area contributed by atoms with E-state index in [1.54, 1.807) is 0 Å². The maximum atomic E-state index is 11.3. The van der Waals surface area contributed by atoms with Crippen molar-refractivity contribution in [1.29, 1.82) is 0 Å². The van der Waals surface area contributed by atoms with Crippen LogP contribution in [0.2, 0.25) is 0 Å². The largest absolute Gasteiger partial charge is 0.509 e. The Morgan fingerprint density at radius 3 is 2.67 bits per heavy atom. The van der Waals surface area contributed by atoms with Crippen LogP contribution in [0.15, 0.2) is 11.3 Å². The molecule has 0 spiro atoms. The summed E-state index contributed by atoms with van der Waals surface area (Å²) in [5.41, 5.74) is -0.165. The fourth-order valence-corrected chi connectivity index (χ4v) is 2.00. The molecule has 2 atom stereocenters. The molecule has 4 nitrogen and oxygen atoms in total. The van der Waals surface area contributed by atoms with Crippen LogP contribution >= 0.6 is 11.6 Å². The van der Waals surface area contributed by atoms with Gasteiger partial charge < -0.3 is 10.4 Å². The molecule has 2 N–H and O–H groups in total. The first-order valence-electron chi connectivity index (χ1n) is 4.88. The monoisotopic (exact) mass is 231 g/mol. The summed E-state index contributed by atoms with van der Waals surface area (Å²) in [5.74, 6) is -1.19. The van der Waals surface area contributed by atoms with Crippen molar-refractivity contribution in [2.75, 3.05) is 0 Å². The van der Waals surface area contributed by atoms with Crippen LogP contribution in [0, 0.1) is 0 Å². The van der Waals surface area contributed by atoms with E-state index in [0.29, 0.717) is 6.42 Å². The van der Waals surface area contributed by atoms with Crippen LogP contribution in [0.1, 0.15) is 26.7 Å². The minimum atomic E-state index is -0.627. The first-order valence-corrected chi connectivity index (χ1v) is 5.31. The fourth-order valence-electron chi connectivity index (χ4n) is 1.60. The molecular formula is C10H14ClNO3. The molecule has 1 heterocycles. The molecule has 0 aromatic carbocycles. The SMILES string of the molecule is CCCC(Cl)C1NC(=O)C(C(C)=O)=C1O. The lowest BCUT2D eigenvalue weighted by Gasteiger charge is -2.16. The Morgan fingerprint density at radius 2 is 2.27 bits per heavy atom. The number of rotatable bonds is 4. The standard InChI is InChI=1S/C10H14ClNO3/c1-3-4-6(11)8-9(14)7(5(2)13)10(15)12-8/h6,8,14H,3-4H2,1-2H3,(H,12,15). The molecular weight excluding hydrogens is 218 g/mol. The number of halogens is 1. The van der Waals surface area contributed by atoms with Gasteiger partial charge >= 0.3 is 0 Å². The number of alkyl halides is 1. The van der Waals surface area contributed by atoms with Crippen LogP contribution in [0.3, 0.4) is 0 Å². The van der Waals surface area contributed by atoms with Crippen molar-refractivity contribution in [2.24, 2.45) is 0 Å². The topological polar surface area (TPSA) is 66.4 Å². The number of aliphatic hydroxyl groups excluding tert-OH is 1.